The molecule has 3 aliphatic rings. The van der Waals surface area contributed by atoms with Crippen LogP contribution >= 0.6 is 0 Å². The molecule has 39 heavy (non-hydrogen) atoms. The summed E-state index contributed by atoms with van der Waals surface area (Å²) >= 11 is 0. The van der Waals surface area contributed by atoms with Crippen LogP contribution in [0.15, 0.2) is 59.4 Å². The van der Waals surface area contributed by atoms with Crippen molar-refractivity contribution < 1.29 is 24.5 Å². The zero-order valence-corrected chi connectivity index (χ0v) is 23.0. The molecule has 0 bridgehead atoms. The Kier molecular flexibility index (Phi) is 7.68. The van der Waals surface area contributed by atoms with E-state index >= 15 is 0 Å². The minimum Gasteiger partial charge on any atom is -0.508 e. The summed E-state index contributed by atoms with van der Waals surface area (Å²) < 4.78 is 14.8. The fourth-order valence-electron chi connectivity index (χ4n) is 6.67. The first kappa shape index (κ1) is 27.6. The van der Waals surface area contributed by atoms with Crippen molar-refractivity contribution in [2.24, 2.45) is 17.8 Å². The Morgan fingerprint density at radius 2 is 1.90 bits per heavy atom. The van der Waals surface area contributed by atoms with E-state index in [2.05, 4.69) is 10.2 Å². The second kappa shape index (κ2) is 10.9. The number of aliphatic hydroxyl groups is 2. The van der Waals surface area contributed by atoms with Crippen LogP contribution in [-0.2, 0) is 0 Å². The van der Waals surface area contributed by atoms with Crippen molar-refractivity contribution in [3.05, 3.63) is 81.9 Å². The third-order valence-electron chi connectivity index (χ3n) is 8.46. The molecule has 2 heterocycles. The summed E-state index contributed by atoms with van der Waals surface area (Å²) in [5, 5.41) is 36.0. The van der Waals surface area contributed by atoms with Gasteiger partial charge in [-0.2, -0.15) is 0 Å². The topological polar surface area (TPSA) is 93.0 Å². The Morgan fingerprint density at radius 3 is 2.56 bits per heavy atom. The number of aliphatic hydroxyl groups excluding tert-OH is 1. The summed E-state index contributed by atoms with van der Waals surface area (Å²) in [4.78, 5) is 16.2. The normalized spacial score (nSPS) is 23.2. The number of carbonyl (C=O) groups excluding carboxylic acids is 1. The Bertz CT molecular complexity index is 1310. The van der Waals surface area contributed by atoms with Crippen molar-refractivity contribution in [3.63, 3.8) is 0 Å². The molecule has 0 radical (unpaired) electrons. The van der Waals surface area contributed by atoms with Crippen molar-refractivity contribution in [2.75, 3.05) is 32.7 Å². The van der Waals surface area contributed by atoms with Crippen LogP contribution in [0.1, 0.15) is 54.6 Å². The number of rotatable bonds is 7. The Labute approximate surface area is 229 Å². The number of ketones is 1. The lowest BCUT2D eigenvalue weighted by molar-refractivity contribution is -0.0200. The van der Waals surface area contributed by atoms with Gasteiger partial charge in [-0.25, -0.2) is 4.39 Å². The van der Waals surface area contributed by atoms with Crippen LogP contribution < -0.4 is 5.32 Å². The lowest BCUT2D eigenvalue weighted by Crippen LogP contribution is -2.55. The molecule has 0 spiro atoms. The molecule has 1 aliphatic carbocycles. The standard InChI is InChI=1S/C32H39FN2O4/c1-19-24(10-5-11-27(19)33)29-26(30(37)20-7-4-9-23(36)13-20)14-25(22-16-35(17-22)18-32(2,3)39)28(31(29)38)21-8-6-12-34-15-21/h4-5,7,9-11,13,21-22,25,34,36,38-39H,6,8,12,14-18H2,1-3H3. The average Bonchev–Trinajstić information content (AvgIpc) is 2.87. The first-order chi connectivity index (χ1) is 18.5. The van der Waals surface area contributed by atoms with E-state index in [4.69, 9.17) is 0 Å². The highest BCUT2D eigenvalue weighted by molar-refractivity contribution is 6.15. The molecule has 0 saturated carbocycles. The monoisotopic (exact) mass is 534 g/mol. The summed E-state index contributed by atoms with van der Waals surface area (Å²) in [6.07, 6.45) is 2.36. The maximum atomic E-state index is 14.8. The van der Waals surface area contributed by atoms with Crippen LogP contribution in [0.2, 0.25) is 0 Å². The van der Waals surface area contributed by atoms with Crippen LogP contribution in [0.4, 0.5) is 4.39 Å². The van der Waals surface area contributed by atoms with E-state index in [-0.39, 0.29) is 40.9 Å². The summed E-state index contributed by atoms with van der Waals surface area (Å²) in [6.45, 7) is 9.07. The van der Waals surface area contributed by atoms with Crippen molar-refractivity contribution in [3.8, 4) is 5.75 Å². The highest BCUT2D eigenvalue weighted by Crippen LogP contribution is 2.49. The number of nitrogens with one attached hydrogen (secondary N) is 1. The van der Waals surface area contributed by atoms with Gasteiger partial charge in [-0.15, -0.1) is 0 Å². The van der Waals surface area contributed by atoms with Crippen LogP contribution in [0, 0.1) is 30.5 Å². The zero-order chi connectivity index (χ0) is 27.9. The minimum atomic E-state index is -0.802. The summed E-state index contributed by atoms with van der Waals surface area (Å²) in [5.41, 5.74) is 2.26. The SMILES string of the molecule is Cc1c(F)cccc1C1=C(C(=O)c2cccc(O)c2)CC(C2CN(CC(C)(C)O)C2)C(C2CCCNC2)=C1O. The number of allylic oxidation sites excluding steroid dienone is 2. The molecule has 2 saturated heterocycles. The maximum absolute atomic E-state index is 14.8. The number of phenolic OH excluding ortho intramolecular Hbond substituents is 1. The summed E-state index contributed by atoms with van der Waals surface area (Å²) in [6, 6.07) is 11.0. The summed E-state index contributed by atoms with van der Waals surface area (Å²) in [7, 11) is 0. The van der Waals surface area contributed by atoms with Crippen LogP contribution in [0.3, 0.4) is 0 Å². The number of nitrogens with zero attached hydrogens (tertiary/aromatic N) is 1. The van der Waals surface area contributed by atoms with Gasteiger partial charge in [0.2, 0.25) is 0 Å². The molecule has 2 atom stereocenters. The lowest BCUT2D eigenvalue weighted by Gasteiger charge is -2.48. The number of phenols is 1. The number of benzene rings is 2. The molecule has 2 aromatic rings. The van der Waals surface area contributed by atoms with E-state index in [0.717, 1.165) is 44.6 Å². The van der Waals surface area contributed by atoms with E-state index in [1.807, 2.05) is 0 Å². The largest absolute Gasteiger partial charge is 0.508 e. The predicted octanol–water partition coefficient (Wildman–Crippen LogP) is 5.01. The number of β-amino-alcohol motifs (C(OH)–C–C–N with tert-alkyl or cyclic N) is 1. The van der Waals surface area contributed by atoms with Gasteiger partial charge in [0.25, 0.3) is 0 Å². The molecule has 0 amide bonds. The van der Waals surface area contributed by atoms with E-state index < -0.39 is 5.60 Å². The van der Waals surface area contributed by atoms with Gasteiger partial charge in [0.1, 0.15) is 17.3 Å². The third kappa shape index (κ3) is 5.67. The molecule has 2 unspecified atom stereocenters. The van der Waals surface area contributed by atoms with Gasteiger partial charge in [-0.05, 0) is 99.2 Å². The van der Waals surface area contributed by atoms with Crippen LogP contribution in [0.5, 0.6) is 5.75 Å². The smallest absolute Gasteiger partial charge is 0.189 e. The van der Waals surface area contributed by atoms with E-state index in [0.29, 0.717) is 40.8 Å². The van der Waals surface area contributed by atoms with Gasteiger partial charge in [-0.3, -0.25) is 9.69 Å². The van der Waals surface area contributed by atoms with Crippen molar-refractivity contribution in [2.45, 2.75) is 45.6 Å². The summed E-state index contributed by atoms with van der Waals surface area (Å²) in [5.74, 6) is -0.287. The Hall–Kier alpha value is -3.00. The van der Waals surface area contributed by atoms with E-state index in [1.165, 1.54) is 18.2 Å². The second-order valence-electron chi connectivity index (χ2n) is 12.1. The number of aromatic hydroxyl groups is 1. The van der Waals surface area contributed by atoms with Gasteiger partial charge in [-0.1, -0.05) is 24.3 Å². The molecule has 2 fully saturated rings. The van der Waals surface area contributed by atoms with Crippen molar-refractivity contribution >= 4 is 11.4 Å². The van der Waals surface area contributed by atoms with Gasteiger partial charge >= 0.3 is 0 Å². The number of piperidine rings is 1. The molecule has 0 aromatic heterocycles. The number of carbonyl (C=O) groups is 1. The van der Waals surface area contributed by atoms with Crippen molar-refractivity contribution in [1.29, 1.82) is 0 Å². The Morgan fingerprint density at radius 1 is 1.15 bits per heavy atom. The highest BCUT2D eigenvalue weighted by Gasteiger charge is 2.44. The molecular weight excluding hydrogens is 495 g/mol. The van der Waals surface area contributed by atoms with Gasteiger partial charge in [0, 0.05) is 42.9 Å². The highest BCUT2D eigenvalue weighted by atomic mass is 19.1. The average molecular weight is 535 g/mol. The number of hydrogen-bond acceptors (Lipinski definition) is 6. The number of halogens is 1. The quantitative estimate of drug-likeness (QED) is 0.373. The number of likely N-dealkylation sites (tertiary alicyclic amines) is 1. The molecule has 6 nitrogen and oxygen atoms in total. The van der Waals surface area contributed by atoms with Crippen molar-refractivity contribution in [1.82, 2.24) is 10.2 Å². The first-order valence-electron chi connectivity index (χ1n) is 13.9. The molecule has 2 aromatic carbocycles. The van der Waals surface area contributed by atoms with Crippen LogP contribution in [-0.4, -0.2) is 64.3 Å². The fraction of sp³-hybridized carbons (Fsp3) is 0.469. The fourth-order valence-corrected chi connectivity index (χ4v) is 6.67. The van der Waals surface area contributed by atoms with E-state index in [1.54, 1.807) is 45.0 Å². The molecule has 2 aliphatic heterocycles. The lowest BCUT2D eigenvalue weighted by atomic mass is 9.66. The molecule has 208 valence electrons. The number of hydrogen-bond donors (Lipinski definition) is 4. The van der Waals surface area contributed by atoms with Gasteiger partial charge < -0.3 is 20.6 Å². The predicted molar refractivity (Wildman–Crippen MR) is 150 cm³/mol. The minimum absolute atomic E-state index is 0.00715. The molecule has 7 heteroatoms. The van der Waals surface area contributed by atoms with Gasteiger partial charge in [0.05, 0.1) is 5.60 Å². The molecule has 5 rings (SSSR count). The maximum Gasteiger partial charge on any atom is 0.189 e. The number of Topliss-reactive ketones (excluding diaryl/α,β-unsaturated/α-hetero) is 1. The second-order valence-corrected chi connectivity index (χ2v) is 12.1. The van der Waals surface area contributed by atoms with E-state index in [9.17, 15) is 24.5 Å². The zero-order valence-electron chi connectivity index (χ0n) is 23.0. The third-order valence-corrected chi connectivity index (χ3v) is 8.46. The Balaban J connectivity index is 1.63. The first-order valence-corrected chi connectivity index (χ1v) is 13.9. The van der Waals surface area contributed by atoms with Gasteiger partial charge in [0.15, 0.2) is 5.78 Å². The molecule has 4 N–H and O–H groups in total. The van der Waals surface area contributed by atoms with Crippen LogP contribution in [0.25, 0.3) is 5.57 Å². The molecular formula is C32H39FN2O4.